The van der Waals surface area contributed by atoms with Crippen molar-refractivity contribution in [2.45, 2.75) is 19.4 Å². The lowest BCUT2D eigenvalue weighted by Crippen LogP contribution is -2.47. The van der Waals surface area contributed by atoms with E-state index in [9.17, 15) is 9.18 Å². The molecule has 2 atom stereocenters. The van der Waals surface area contributed by atoms with Crippen molar-refractivity contribution in [3.63, 3.8) is 0 Å². The van der Waals surface area contributed by atoms with E-state index in [1.807, 2.05) is 0 Å². The number of fused-ring (bicyclic) bond motifs is 1. The minimum absolute atomic E-state index is 0. The van der Waals surface area contributed by atoms with Crippen molar-refractivity contribution in [2.75, 3.05) is 24.3 Å². The summed E-state index contributed by atoms with van der Waals surface area (Å²) in [6, 6.07) is 9.65. The van der Waals surface area contributed by atoms with E-state index in [0.29, 0.717) is 41.7 Å². The zero-order chi connectivity index (χ0) is 18.9. The Morgan fingerprint density at radius 2 is 2.21 bits per heavy atom. The number of thioether (sulfide) groups is 1. The summed E-state index contributed by atoms with van der Waals surface area (Å²) >= 11 is 1.46. The molecular weight excluding hydrogens is 379 g/mol. The Hall–Kier alpha value is -2.45. The monoisotopic (exact) mass is 402 g/mol. The van der Waals surface area contributed by atoms with Crippen LogP contribution in [0.5, 0.6) is 0 Å². The first kappa shape index (κ1) is 20.3. The highest BCUT2D eigenvalue weighted by Gasteiger charge is 2.47. The van der Waals surface area contributed by atoms with Crippen LogP contribution in [0.2, 0.25) is 0 Å². The number of amides is 1. The number of carbonyl (C=O) groups is 1. The van der Waals surface area contributed by atoms with Gasteiger partial charge in [0.05, 0.1) is 12.1 Å². The number of benzene rings is 1. The lowest BCUT2D eigenvalue weighted by molar-refractivity contribution is 0.00886. The molecule has 2 aliphatic rings. The molecule has 1 aromatic carbocycles. The molecule has 148 valence electrons. The number of aromatic nitrogens is 1. The third-order valence-electron chi connectivity index (χ3n) is 4.95. The second kappa shape index (κ2) is 8.28. The van der Waals surface area contributed by atoms with Crippen LogP contribution in [-0.2, 0) is 10.3 Å². The van der Waals surface area contributed by atoms with Gasteiger partial charge >= 0.3 is 0 Å². The van der Waals surface area contributed by atoms with E-state index >= 15 is 0 Å². The van der Waals surface area contributed by atoms with Crippen molar-refractivity contribution >= 4 is 28.5 Å². The zero-order valence-corrected chi connectivity index (χ0v) is 15.3. The maximum absolute atomic E-state index is 14.8. The molecule has 2 aromatic rings. The van der Waals surface area contributed by atoms with Gasteiger partial charge < -0.3 is 15.8 Å². The molecule has 28 heavy (non-hydrogen) atoms. The fourth-order valence-electron chi connectivity index (χ4n) is 3.59. The smallest absolute Gasteiger partial charge is 0.274 e. The predicted molar refractivity (Wildman–Crippen MR) is 110 cm³/mol. The molecule has 3 heterocycles. The number of amidine groups is 1. The number of nitrogens with zero attached hydrogens (tertiary/aromatic N) is 2. The Balaban J connectivity index is 0.00000225. The van der Waals surface area contributed by atoms with Gasteiger partial charge in [0.2, 0.25) is 0 Å². The van der Waals surface area contributed by atoms with Crippen LogP contribution in [0.1, 0.15) is 29.9 Å². The maximum atomic E-state index is 14.8. The first-order valence-electron chi connectivity index (χ1n) is 8.67. The topological polar surface area (TPSA) is 89.6 Å². The number of hydrogen-bond acceptors (Lipinski definition) is 6. The molecule has 1 fully saturated rings. The van der Waals surface area contributed by atoms with E-state index in [-0.39, 0.29) is 25.1 Å². The number of anilines is 1. The number of hydrogen-bond donors (Lipinski definition) is 2. The van der Waals surface area contributed by atoms with Gasteiger partial charge in [-0.05, 0) is 30.3 Å². The average molecular weight is 402 g/mol. The number of nitrogens with two attached hydrogens (primary N) is 1. The second-order valence-electron chi connectivity index (χ2n) is 6.57. The number of ether oxygens (including phenoxy) is 1. The van der Waals surface area contributed by atoms with Gasteiger partial charge in [0, 0.05) is 42.1 Å². The lowest BCUT2D eigenvalue weighted by atomic mass is 9.75. The van der Waals surface area contributed by atoms with Gasteiger partial charge in [0.15, 0.2) is 5.17 Å². The largest absolute Gasteiger partial charge is 0.381 e. The van der Waals surface area contributed by atoms with Crippen molar-refractivity contribution in [1.29, 1.82) is 0 Å². The van der Waals surface area contributed by atoms with Gasteiger partial charge in [-0.1, -0.05) is 25.3 Å². The molecule has 1 aromatic heterocycles. The molecule has 0 aliphatic carbocycles. The molecule has 0 radical (unpaired) electrons. The Morgan fingerprint density at radius 3 is 3.00 bits per heavy atom. The van der Waals surface area contributed by atoms with Crippen LogP contribution in [0, 0.1) is 11.7 Å². The molecule has 0 unspecified atom stereocenters. The summed E-state index contributed by atoms with van der Waals surface area (Å²) in [5, 5.41) is 3.24. The van der Waals surface area contributed by atoms with Gasteiger partial charge in [-0.2, -0.15) is 0 Å². The van der Waals surface area contributed by atoms with Gasteiger partial charge in [-0.3, -0.25) is 14.8 Å². The van der Waals surface area contributed by atoms with Crippen molar-refractivity contribution in [1.82, 2.24) is 4.98 Å². The lowest BCUT2D eigenvalue weighted by Gasteiger charge is -2.44. The molecule has 0 bridgehead atoms. The van der Waals surface area contributed by atoms with Gasteiger partial charge in [0.1, 0.15) is 11.5 Å². The van der Waals surface area contributed by atoms with Crippen molar-refractivity contribution < 1.29 is 13.9 Å². The van der Waals surface area contributed by atoms with E-state index < -0.39 is 5.54 Å². The summed E-state index contributed by atoms with van der Waals surface area (Å²) in [5.74, 6) is 0.0385. The zero-order valence-electron chi connectivity index (χ0n) is 14.5. The van der Waals surface area contributed by atoms with Crippen LogP contribution in [0.4, 0.5) is 10.1 Å². The number of nitrogens with one attached hydrogen (secondary N) is 1. The predicted octanol–water partition coefficient (Wildman–Crippen LogP) is 3.40. The number of rotatable bonds is 3. The Bertz CT molecular complexity index is 893. The Kier molecular flexibility index (Phi) is 6.00. The fraction of sp³-hybridized carbons (Fsp3) is 0.350. The minimum Gasteiger partial charge on any atom is -0.381 e. The van der Waals surface area contributed by atoms with Gasteiger partial charge in [-0.15, -0.1) is 0 Å². The van der Waals surface area contributed by atoms with E-state index in [2.05, 4.69) is 15.3 Å². The van der Waals surface area contributed by atoms with Gasteiger partial charge in [-0.25, -0.2) is 4.39 Å². The average Bonchev–Trinajstić information content (AvgIpc) is 2.69. The molecule has 2 aliphatic heterocycles. The quantitative estimate of drug-likeness (QED) is 0.821. The summed E-state index contributed by atoms with van der Waals surface area (Å²) in [5.41, 5.74) is 6.45. The van der Waals surface area contributed by atoms with Crippen LogP contribution < -0.4 is 11.1 Å². The highest BCUT2D eigenvalue weighted by atomic mass is 32.2. The highest BCUT2D eigenvalue weighted by Crippen LogP contribution is 2.46. The summed E-state index contributed by atoms with van der Waals surface area (Å²) < 4.78 is 20.4. The van der Waals surface area contributed by atoms with E-state index in [0.717, 1.165) is 5.75 Å². The molecule has 0 saturated carbocycles. The summed E-state index contributed by atoms with van der Waals surface area (Å²) in [6.07, 6.45) is 2.10. The third-order valence-corrected chi connectivity index (χ3v) is 5.91. The Morgan fingerprint density at radius 1 is 1.36 bits per heavy atom. The summed E-state index contributed by atoms with van der Waals surface area (Å²) in [7, 11) is 0. The number of carbonyl (C=O) groups excluding carboxylic acids is 1. The molecule has 1 amide bonds. The molecular formula is C20H23FN4O2S. The normalized spacial score (nSPS) is 23.8. The number of halogens is 1. The van der Waals surface area contributed by atoms with Crippen LogP contribution in [0.15, 0.2) is 47.6 Å². The van der Waals surface area contributed by atoms with Crippen LogP contribution in [-0.4, -0.2) is 35.0 Å². The molecule has 6 nitrogen and oxygen atoms in total. The van der Waals surface area contributed by atoms with Crippen LogP contribution in [0.25, 0.3) is 0 Å². The van der Waals surface area contributed by atoms with Crippen molar-refractivity contribution in [2.24, 2.45) is 16.6 Å². The van der Waals surface area contributed by atoms with Crippen molar-refractivity contribution in [3.8, 4) is 0 Å². The standard InChI is InChI=1S/C19H19FN4O2S.CH4/c20-15-5-4-13(23-17(25)16-3-1-2-7-22-16)9-14(15)19-6-8-26-10-12(19)11-27-18(21)24-19;/h1-5,7,9,12H,6,8,10-11H2,(H2,21,24)(H,23,25);1H4/t12-,19-;/m0./s1. The van der Waals surface area contributed by atoms with Crippen LogP contribution in [0.3, 0.4) is 0 Å². The number of pyridine rings is 1. The van der Waals surface area contributed by atoms with Crippen molar-refractivity contribution in [3.05, 3.63) is 59.7 Å². The maximum Gasteiger partial charge on any atom is 0.274 e. The molecule has 0 spiro atoms. The first-order chi connectivity index (χ1) is 13.1. The minimum atomic E-state index is -0.761. The molecule has 4 rings (SSSR count). The van der Waals surface area contributed by atoms with E-state index in [1.165, 1.54) is 23.9 Å². The van der Waals surface area contributed by atoms with E-state index in [4.69, 9.17) is 10.5 Å². The molecule has 8 heteroatoms. The second-order valence-corrected chi connectivity index (χ2v) is 7.61. The van der Waals surface area contributed by atoms with E-state index in [1.54, 1.807) is 30.5 Å². The molecule has 1 saturated heterocycles. The third kappa shape index (κ3) is 3.74. The molecule has 3 N–H and O–H groups in total. The SMILES string of the molecule is C.NC1=N[C@@]2(c3cc(NC(=O)c4ccccn4)ccc3F)CCOC[C@H]2CS1. The fourth-order valence-corrected chi connectivity index (χ4v) is 4.56. The Labute approximate surface area is 167 Å². The number of aliphatic imine (C=N–C) groups is 1. The van der Waals surface area contributed by atoms with Gasteiger partial charge in [0.25, 0.3) is 5.91 Å². The summed E-state index contributed by atoms with van der Waals surface area (Å²) in [4.78, 5) is 21.1. The highest BCUT2D eigenvalue weighted by molar-refractivity contribution is 8.13. The first-order valence-corrected chi connectivity index (χ1v) is 9.65. The van der Waals surface area contributed by atoms with Crippen LogP contribution >= 0.6 is 11.8 Å². The summed E-state index contributed by atoms with van der Waals surface area (Å²) in [6.45, 7) is 0.996.